The van der Waals surface area contributed by atoms with E-state index in [9.17, 15) is 12.8 Å². The van der Waals surface area contributed by atoms with Gasteiger partial charge in [-0.05, 0) is 24.3 Å². The number of hydrogen-bond acceptors (Lipinski definition) is 4. The summed E-state index contributed by atoms with van der Waals surface area (Å²) in [7, 11) is -3.59. The van der Waals surface area contributed by atoms with E-state index in [4.69, 9.17) is 0 Å². The van der Waals surface area contributed by atoms with Gasteiger partial charge in [-0.2, -0.15) is 0 Å². The molecule has 0 spiro atoms. The van der Waals surface area contributed by atoms with Crippen LogP contribution in [0.15, 0.2) is 29.2 Å². The zero-order valence-corrected chi connectivity index (χ0v) is 11.8. The van der Waals surface area contributed by atoms with Crippen molar-refractivity contribution in [1.29, 1.82) is 0 Å². The molecule has 1 saturated heterocycles. The molecule has 1 aromatic carbocycles. The van der Waals surface area contributed by atoms with Crippen LogP contribution in [0.4, 0.5) is 4.39 Å². The van der Waals surface area contributed by atoms with E-state index in [0.717, 1.165) is 18.7 Å². The molecule has 2 atom stereocenters. The molecule has 0 saturated carbocycles. The molecule has 100 valence electrons. The molecule has 0 radical (unpaired) electrons. The lowest BCUT2D eigenvalue weighted by Crippen LogP contribution is -2.42. The van der Waals surface area contributed by atoms with Gasteiger partial charge in [0.1, 0.15) is 5.82 Å². The van der Waals surface area contributed by atoms with Crippen molar-refractivity contribution in [1.82, 2.24) is 15.6 Å². The van der Waals surface area contributed by atoms with Crippen LogP contribution in [0.3, 0.4) is 0 Å². The van der Waals surface area contributed by atoms with Gasteiger partial charge in [0, 0.05) is 24.0 Å². The van der Waals surface area contributed by atoms with Gasteiger partial charge in [0.15, 0.2) is 0 Å². The lowest BCUT2D eigenvalue weighted by molar-refractivity contribution is 0.533. The standard InChI is InChI=1S/C10H13BrFN3O2S/c11-9-5-13-15-10(9)6-14-18(16,17)8-3-1-7(12)2-4-8/h1-4,9-10,13-15H,5-6H2. The van der Waals surface area contributed by atoms with Crippen molar-refractivity contribution in [2.45, 2.75) is 15.8 Å². The first kappa shape index (κ1) is 13.9. The van der Waals surface area contributed by atoms with Gasteiger partial charge in [-0.3, -0.25) is 10.9 Å². The minimum atomic E-state index is -3.59. The van der Waals surface area contributed by atoms with Crippen molar-refractivity contribution in [2.75, 3.05) is 13.1 Å². The number of hydrazine groups is 1. The molecule has 1 aromatic rings. The zero-order chi connectivity index (χ0) is 13.2. The first-order chi connectivity index (χ1) is 8.49. The van der Waals surface area contributed by atoms with Crippen LogP contribution in [0.5, 0.6) is 0 Å². The molecular weight excluding hydrogens is 325 g/mol. The van der Waals surface area contributed by atoms with Crippen molar-refractivity contribution in [2.24, 2.45) is 0 Å². The number of alkyl halides is 1. The normalized spacial score (nSPS) is 24.3. The summed E-state index contributed by atoms with van der Waals surface area (Å²) in [6.45, 7) is 0.978. The highest BCUT2D eigenvalue weighted by atomic mass is 79.9. The third-order valence-electron chi connectivity index (χ3n) is 2.64. The summed E-state index contributed by atoms with van der Waals surface area (Å²) in [6.07, 6.45) is 0. The SMILES string of the molecule is O=S(=O)(NCC1NNCC1Br)c1ccc(F)cc1. The Morgan fingerprint density at radius 3 is 2.61 bits per heavy atom. The summed E-state index contributed by atoms with van der Waals surface area (Å²) in [5.74, 6) is -0.462. The predicted molar refractivity (Wildman–Crippen MR) is 69.2 cm³/mol. The highest BCUT2D eigenvalue weighted by molar-refractivity contribution is 9.09. The minimum Gasteiger partial charge on any atom is -0.256 e. The van der Waals surface area contributed by atoms with E-state index in [2.05, 4.69) is 31.5 Å². The van der Waals surface area contributed by atoms with E-state index < -0.39 is 15.8 Å². The summed E-state index contributed by atoms with van der Waals surface area (Å²) < 4.78 is 39.0. The summed E-state index contributed by atoms with van der Waals surface area (Å²) in [5.41, 5.74) is 5.88. The van der Waals surface area contributed by atoms with Crippen LogP contribution in [-0.4, -0.2) is 32.4 Å². The van der Waals surface area contributed by atoms with Gasteiger partial charge in [-0.25, -0.2) is 17.5 Å². The van der Waals surface area contributed by atoms with E-state index in [1.165, 1.54) is 12.1 Å². The minimum absolute atomic E-state index is 0.0276. The number of nitrogens with one attached hydrogen (secondary N) is 3. The topological polar surface area (TPSA) is 70.2 Å². The second-order valence-corrected chi connectivity index (χ2v) is 6.90. The van der Waals surface area contributed by atoms with Crippen LogP contribution < -0.4 is 15.6 Å². The molecule has 1 aliphatic rings. The maximum atomic E-state index is 12.7. The smallest absolute Gasteiger partial charge is 0.240 e. The Kier molecular flexibility index (Phi) is 4.33. The fraction of sp³-hybridized carbons (Fsp3) is 0.400. The number of halogens is 2. The third kappa shape index (κ3) is 3.27. The third-order valence-corrected chi connectivity index (χ3v) is 5.04. The Hall–Kier alpha value is -0.540. The van der Waals surface area contributed by atoms with E-state index in [0.29, 0.717) is 0 Å². The van der Waals surface area contributed by atoms with Gasteiger partial charge in [-0.15, -0.1) is 0 Å². The molecule has 2 unspecified atom stereocenters. The van der Waals surface area contributed by atoms with Crippen LogP contribution in [0.25, 0.3) is 0 Å². The largest absolute Gasteiger partial charge is 0.256 e. The molecule has 2 rings (SSSR count). The van der Waals surface area contributed by atoms with Crippen molar-refractivity contribution in [3.8, 4) is 0 Å². The molecule has 3 N–H and O–H groups in total. The second kappa shape index (κ2) is 5.62. The van der Waals surface area contributed by atoms with Crippen LogP contribution in [0, 0.1) is 5.82 Å². The first-order valence-electron chi connectivity index (χ1n) is 5.37. The quantitative estimate of drug-likeness (QED) is 0.693. The highest BCUT2D eigenvalue weighted by Gasteiger charge is 2.26. The molecule has 1 fully saturated rings. The molecule has 1 aliphatic heterocycles. The van der Waals surface area contributed by atoms with Crippen molar-refractivity contribution < 1.29 is 12.8 Å². The zero-order valence-electron chi connectivity index (χ0n) is 9.36. The van der Waals surface area contributed by atoms with E-state index in [1.807, 2.05) is 0 Å². The summed E-state index contributed by atoms with van der Waals surface area (Å²) in [6, 6.07) is 4.70. The van der Waals surface area contributed by atoms with Crippen LogP contribution >= 0.6 is 15.9 Å². The van der Waals surface area contributed by atoms with Crippen LogP contribution in [-0.2, 0) is 10.0 Å². The van der Waals surface area contributed by atoms with Gasteiger partial charge in [0.2, 0.25) is 10.0 Å². The Morgan fingerprint density at radius 2 is 2.06 bits per heavy atom. The van der Waals surface area contributed by atoms with E-state index >= 15 is 0 Å². The number of rotatable bonds is 4. The summed E-state index contributed by atoms with van der Waals surface area (Å²) in [4.78, 5) is 0.217. The Labute approximate surface area is 113 Å². The Bertz CT molecular complexity index is 508. The molecule has 1 heterocycles. The molecule has 0 aliphatic carbocycles. The number of sulfonamides is 1. The predicted octanol–water partition coefficient (Wildman–Crippen LogP) is 0.344. The van der Waals surface area contributed by atoms with Gasteiger partial charge in [0.05, 0.1) is 4.90 Å². The molecule has 18 heavy (non-hydrogen) atoms. The molecule has 0 amide bonds. The molecule has 8 heteroatoms. The molecule has 0 bridgehead atoms. The maximum absolute atomic E-state index is 12.7. The maximum Gasteiger partial charge on any atom is 0.240 e. The van der Waals surface area contributed by atoms with Gasteiger partial charge in [-0.1, -0.05) is 15.9 Å². The number of hydrogen-bond donors (Lipinski definition) is 3. The molecule has 5 nitrogen and oxygen atoms in total. The van der Waals surface area contributed by atoms with Crippen molar-refractivity contribution in [3.05, 3.63) is 30.1 Å². The summed E-state index contributed by atoms with van der Waals surface area (Å²) >= 11 is 3.43. The Morgan fingerprint density at radius 1 is 1.39 bits per heavy atom. The van der Waals surface area contributed by atoms with Crippen LogP contribution in [0.2, 0.25) is 0 Å². The van der Waals surface area contributed by atoms with E-state index in [1.54, 1.807) is 0 Å². The van der Waals surface area contributed by atoms with Crippen LogP contribution in [0.1, 0.15) is 0 Å². The number of benzene rings is 1. The van der Waals surface area contributed by atoms with Crippen molar-refractivity contribution >= 4 is 26.0 Å². The van der Waals surface area contributed by atoms with E-state index in [-0.39, 0.29) is 22.3 Å². The monoisotopic (exact) mass is 337 g/mol. The summed E-state index contributed by atoms with van der Waals surface area (Å²) in [5, 5.41) is 0. The second-order valence-electron chi connectivity index (χ2n) is 3.95. The molecule has 0 aromatic heterocycles. The highest BCUT2D eigenvalue weighted by Crippen LogP contribution is 2.12. The van der Waals surface area contributed by atoms with Gasteiger partial charge in [0.25, 0.3) is 0 Å². The van der Waals surface area contributed by atoms with Gasteiger partial charge >= 0.3 is 0 Å². The first-order valence-corrected chi connectivity index (χ1v) is 7.76. The average molecular weight is 338 g/mol. The fourth-order valence-electron chi connectivity index (χ4n) is 1.60. The fourth-order valence-corrected chi connectivity index (χ4v) is 3.14. The lowest BCUT2D eigenvalue weighted by atomic mass is 10.2. The molecular formula is C10H13BrFN3O2S. The lowest BCUT2D eigenvalue weighted by Gasteiger charge is -2.14. The van der Waals surface area contributed by atoms with Crippen molar-refractivity contribution in [3.63, 3.8) is 0 Å². The van der Waals surface area contributed by atoms with Gasteiger partial charge < -0.3 is 0 Å². The Balaban J connectivity index is 2.01. The average Bonchev–Trinajstić information content (AvgIpc) is 2.73.